The summed E-state index contributed by atoms with van der Waals surface area (Å²) in [6, 6.07) is 0. The van der Waals surface area contributed by atoms with Crippen LogP contribution in [-0.4, -0.2) is 33.6 Å². The van der Waals surface area contributed by atoms with Crippen LogP contribution < -0.4 is 0 Å². The Kier molecular flexibility index (Phi) is 4.43. The van der Waals surface area contributed by atoms with Crippen molar-refractivity contribution in [3.8, 4) is 0 Å². The molecule has 0 radical (unpaired) electrons. The molecule has 0 aromatic carbocycles. The van der Waals surface area contributed by atoms with E-state index in [4.69, 9.17) is 13.6 Å². The average molecular weight is 272 g/mol. The molecule has 0 N–H and O–H groups in total. The molecule has 5 heteroatoms. The molecule has 0 amide bonds. The van der Waals surface area contributed by atoms with Crippen LogP contribution in [0.25, 0.3) is 0 Å². The molecule has 104 valence electrons. The van der Waals surface area contributed by atoms with Gasteiger partial charge in [-0.05, 0) is 58.8 Å². The van der Waals surface area contributed by atoms with Crippen molar-refractivity contribution in [3.63, 3.8) is 0 Å². The average Bonchev–Trinajstić information content (AvgIpc) is 3.04. The van der Waals surface area contributed by atoms with Crippen molar-refractivity contribution in [1.82, 2.24) is 0 Å². The fourth-order valence-electron chi connectivity index (χ4n) is 2.72. The van der Waals surface area contributed by atoms with E-state index >= 15 is 0 Å². The lowest BCUT2D eigenvalue weighted by Crippen LogP contribution is -2.31. The van der Waals surface area contributed by atoms with Gasteiger partial charge in [-0.25, -0.2) is 0 Å². The van der Waals surface area contributed by atoms with Crippen molar-refractivity contribution in [2.24, 2.45) is 5.92 Å². The first-order valence-corrected chi connectivity index (χ1v) is 8.24. The van der Waals surface area contributed by atoms with E-state index in [1.807, 2.05) is 20.8 Å². The summed E-state index contributed by atoms with van der Waals surface area (Å²) in [5.41, 5.74) is -0.355. The number of rotatable bonds is 7. The smallest absolute Gasteiger partial charge is 0.496 e. The molecule has 1 heterocycles. The Morgan fingerprint density at radius 2 is 2.11 bits per heavy atom. The molecule has 2 fully saturated rings. The third kappa shape index (κ3) is 4.05. The van der Waals surface area contributed by atoms with E-state index in [0.29, 0.717) is 18.8 Å². The summed E-state index contributed by atoms with van der Waals surface area (Å²) in [6.07, 6.45) is 6.83. The number of epoxide rings is 1. The van der Waals surface area contributed by atoms with Crippen molar-refractivity contribution < 1.29 is 18.1 Å². The molecule has 3 atom stereocenters. The standard InChI is InChI=1S/C13H24O4Si/c1-4-15-18(14)17-13(2,3)8-7-10-5-6-11-12(9-10)16-11/h10-12H,4-9H2,1-3H3. The van der Waals surface area contributed by atoms with Crippen molar-refractivity contribution >= 4 is 9.17 Å². The van der Waals surface area contributed by atoms with Crippen LogP contribution in [0, 0.1) is 5.92 Å². The molecule has 0 spiro atoms. The molecule has 1 aliphatic carbocycles. The van der Waals surface area contributed by atoms with Gasteiger partial charge in [-0.3, -0.25) is 4.46 Å². The molecule has 0 bridgehead atoms. The van der Waals surface area contributed by atoms with E-state index in [2.05, 4.69) is 0 Å². The van der Waals surface area contributed by atoms with Crippen molar-refractivity contribution in [2.45, 2.75) is 70.7 Å². The molecular formula is C13H24O4Si. The van der Waals surface area contributed by atoms with Gasteiger partial charge in [0.05, 0.1) is 24.4 Å². The second kappa shape index (κ2) is 5.69. The fourth-order valence-corrected chi connectivity index (χ4v) is 3.57. The minimum absolute atomic E-state index is 0.355. The van der Waals surface area contributed by atoms with Gasteiger partial charge in [0.15, 0.2) is 0 Å². The largest absolute Gasteiger partial charge is 0.767 e. The van der Waals surface area contributed by atoms with E-state index in [0.717, 1.165) is 18.8 Å². The SMILES string of the molecule is CCO[Si](=O)OC(C)(C)CCC1CCC2OC2C1. The number of fused-ring (bicyclic) bond motifs is 1. The highest BCUT2D eigenvalue weighted by Gasteiger charge is 2.43. The molecule has 1 saturated heterocycles. The van der Waals surface area contributed by atoms with Crippen LogP contribution in [0.1, 0.15) is 52.9 Å². The van der Waals surface area contributed by atoms with Crippen LogP contribution in [0.3, 0.4) is 0 Å². The van der Waals surface area contributed by atoms with E-state index in [1.54, 1.807) is 0 Å². The monoisotopic (exact) mass is 272 g/mol. The maximum absolute atomic E-state index is 11.5. The third-order valence-electron chi connectivity index (χ3n) is 3.89. The van der Waals surface area contributed by atoms with E-state index < -0.39 is 9.17 Å². The van der Waals surface area contributed by atoms with E-state index in [1.165, 1.54) is 19.3 Å². The molecule has 1 saturated carbocycles. The molecular weight excluding hydrogens is 248 g/mol. The van der Waals surface area contributed by atoms with Crippen molar-refractivity contribution in [3.05, 3.63) is 0 Å². The molecule has 1 aliphatic heterocycles. The Morgan fingerprint density at radius 3 is 2.78 bits per heavy atom. The topological polar surface area (TPSA) is 48.1 Å². The zero-order valence-corrected chi connectivity index (χ0v) is 12.6. The van der Waals surface area contributed by atoms with Gasteiger partial charge in [-0.2, -0.15) is 0 Å². The summed E-state index contributed by atoms with van der Waals surface area (Å²) < 4.78 is 27.5. The lowest BCUT2D eigenvalue weighted by molar-refractivity contribution is 0.0418. The first-order valence-electron chi connectivity index (χ1n) is 7.01. The highest BCUT2D eigenvalue weighted by atomic mass is 28.3. The zero-order valence-electron chi connectivity index (χ0n) is 11.6. The third-order valence-corrected chi connectivity index (χ3v) is 5.13. The van der Waals surface area contributed by atoms with Gasteiger partial charge in [0.1, 0.15) is 0 Å². The molecule has 18 heavy (non-hydrogen) atoms. The Balaban J connectivity index is 1.68. The number of ether oxygens (including phenoxy) is 1. The second-order valence-electron chi connectivity index (χ2n) is 5.98. The normalized spacial score (nSPS) is 30.5. The van der Waals surface area contributed by atoms with Crippen molar-refractivity contribution in [1.29, 1.82) is 0 Å². The fraction of sp³-hybridized carbons (Fsp3) is 1.00. The minimum Gasteiger partial charge on any atom is -0.496 e. The number of hydrogen-bond donors (Lipinski definition) is 0. The molecule has 2 aliphatic rings. The van der Waals surface area contributed by atoms with E-state index in [9.17, 15) is 4.46 Å². The molecule has 0 aromatic heterocycles. The van der Waals surface area contributed by atoms with Gasteiger partial charge in [-0.15, -0.1) is 0 Å². The van der Waals surface area contributed by atoms with Crippen LogP contribution in [0.4, 0.5) is 0 Å². The maximum Gasteiger partial charge on any atom is 0.767 e. The first kappa shape index (κ1) is 14.0. The predicted molar refractivity (Wildman–Crippen MR) is 68.5 cm³/mol. The lowest BCUT2D eigenvalue weighted by Gasteiger charge is -2.28. The highest BCUT2D eigenvalue weighted by molar-refractivity contribution is 6.26. The summed E-state index contributed by atoms with van der Waals surface area (Å²) >= 11 is 0. The Labute approximate surface area is 111 Å². The Bertz CT molecular complexity index is 305. The predicted octanol–water partition coefficient (Wildman–Crippen LogP) is 2.58. The summed E-state index contributed by atoms with van der Waals surface area (Å²) in [5.74, 6) is 0.742. The summed E-state index contributed by atoms with van der Waals surface area (Å²) in [6.45, 7) is 6.26. The van der Waals surface area contributed by atoms with Crippen molar-refractivity contribution in [2.75, 3.05) is 6.61 Å². The molecule has 2 rings (SSSR count). The molecule has 3 unspecified atom stereocenters. The summed E-state index contributed by atoms with van der Waals surface area (Å²) in [4.78, 5) is 0. The minimum atomic E-state index is -2.33. The number of hydrogen-bond acceptors (Lipinski definition) is 4. The quantitative estimate of drug-likeness (QED) is 0.528. The van der Waals surface area contributed by atoms with E-state index in [-0.39, 0.29) is 5.60 Å². The Hall–Kier alpha value is -0.423. The van der Waals surface area contributed by atoms with Gasteiger partial charge in [0, 0.05) is 0 Å². The molecule has 0 aromatic rings. The maximum atomic E-state index is 11.5. The lowest BCUT2D eigenvalue weighted by atomic mass is 9.84. The zero-order chi connectivity index (χ0) is 13.2. The van der Waals surface area contributed by atoms with Crippen LogP contribution in [0.5, 0.6) is 0 Å². The highest BCUT2D eigenvalue weighted by Crippen LogP contribution is 2.41. The second-order valence-corrected chi connectivity index (χ2v) is 6.97. The summed E-state index contributed by atoms with van der Waals surface area (Å²) in [5, 5.41) is 0. The van der Waals surface area contributed by atoms with Crippen LogP contribution in [0.15, 0.2) is 0 Å². The summed E-state index contributed by atoms with van der Waals surface area (Å²) in [7, 11) is -2.33. The Morgan fingerprint density at radius 1 is 1.33 bits per heavy atom. The first-order chi connectivity index (χ1) is 8.50. The molecule has 4 nitrogen and oxygen atoms in total. The van der Waals surface area contributed by atoms with Gasteiger partial charge >= 0.3 is 9.17 Å². The van der Waals surface area contributed by atoms with Gasteiger partial charge < -0.3 is 13.6 Å². The van der Waals surface area contributed by atoms with Gasteiger partial charge in [0.2, 0.25) is 0 Å². The van der Waals surface area contributed by atoms with Crippen LogP contribution in [0.2, 0.25) is 0 Å². The van der Waals surface area contributed by atoms with Crippen LogP contribution in [-0.2, 0) is 18.1 Å². The van der Waals surface area contributed by atoms with Crippen LogP contribution >= 0.6 is 0 Å². The van der Waals surface area contributed by atoms with Gasteiger partial charge in [-0.1, -0.05) is 0 Å². The van der Waals surface area contributed by atoms with Gasteiger partial charge in [0.25, 0.3) is 0 Å².